The molecular formula is C24H23N2O3S. The second kappa shape index (κ2) is 7.29. The highest BCUT2D eigenvalue weighted by atomic mass is 32.2. The highest BCUT2D eigenvalue weighted by Crippen LogP contribution is 2.34. The van der Waals surface area contributed by atoms with Gasteiger partial charge in [0.25, 0.3) is 0 Å². The number of carbonyl (C=O) groups excluding carboxylic acids is 1. The van der Waals surface area contributed by atoms with Crippen LogP contribution in [0.2, 0.25) is 0 Å². The van der Waals surface area contributed by atoms with Crippen molar-refractivity contribution >= 4 is 37.6 Å². The Hall–Kier alpha value is -3.12. The van der Waals surface area contributed by atoms with Gasteiger partial charge >= 0.3 is 0 Å². The fourth-order valence-electron chi connectivity index (χ4n) is 3.84. The minimum absolute atomic E-state index is 0.285. The number of primary amides is 1. The number of amides is 1. The first kappa shape index (κ1) is 20.2. The molecule has 0 fully saturated rings. The van der Waals surface area contributed by atoms with E-state index in [1.54, 1.807) is 24.3 Å². The third kappa shape index (κ3) is 3.48. The third-order valence-electron chi connectivity index (χ3n) is 5.42. The van der Waals surface area contributed by atoms with Gasteiger partial charge in [0.05, 0.1) is 15.9 Å². The molecule has 3 aromatic carbocycles. The van der Waals surface area contributed by atoms with Crippen LogP contribution in [0.1, 0.15) is 41.3 Å². The van der Waals surface area contributed by atoms with Crippen LogP contribution in [-0.4, -0.2) is 25.1 Å². The van der Waals surface area contributed by atoms with E-state index in [1.165, 1.54) is 6.26 Å². The van der Waals surface area contributed by atoms with Crippen LogP contribution in [0.4, 0.5) is 0 Å². The van der Waals surface area contributed by atoms with Crippen LogP contribution in [-0.2, 0) is 16.4 Å². The van der Waals surface area contributed by atoms with Gasteiger partial charge in [0.2, 0.25) is 5.91 Å². The molecule has 1 amide bonds. The molecule has 0 unspecified atom stereocenters. The van der Waals surface area contributed by atoms with Gasteiger partial charge in [0.15, 0.2) is 9.84 Å². The van der Waals surface area contributed by atoms with Crippen molar-refractivity contribution in [3.05, 3.63) is 77.4 Å². The Labute approximate surface area is 176 Å². The van der Waals surface area contributed by atoms with Gasteiger partial charge in [0, 0.05) is 29.1 Å². The van der Waals surface area contributed by atoms with Gasteiger partial charge < -0.3 is 10.3 Å². The van der Waals surface area contributed by atoms with Gasteiger partial charge in [-0.2, -0.15) is 0 Å². The van der Waals surface area contributed by atoms with E-state index in [1.807, 2.05) is 24.3 Å². The number of rotatable bonds is 5. The average Bonchev–Trinajstić information content (AvgIpc) is 3.00. The van der Waals surface area contributed by atoms with Crippen molar-refractivity contribution in [2.45, 2.75) is 31.2 Å². The predicted octanol–water partition coefficient (Wildman–Crippen LogP) is 4.27. The van der Waals surface area contributed by atoms with Gasteiger partial charge in [-0.1, -0.05) is 38.1 Å². The molecule has 2 N–H and O–H groups in total. The normalized spacial score (nSPS) is 12.1. The minimum atomic E-state index is -3.30. The number of hydrogen-bond acceptors (Lipinski definition) is 3. The Morgan fingerprint density at radius 1 is 1.10 bits per heavy atom. The number of benzene rings is 3. The molecule has 0 saturated carbocycles. The van der Waals surface area contributed by atoms with Gasteiger partial charge in [-0.25, -0.2) is 8.42 Å². The maximum Gasteiger partial charge on any atom is 0.249 e. The molecular weight excluding hydrogens is 396 g/mol. The van der Waals surface area contributed by atoms with Gasteiger partial charge in [-0.05, 0) is 53.4 Å². The molecule has 153 valence electrons. The van der Waals surface area contributed by atoms with Gasteiger partial charge in [-0.3, -0.25) is 4.79 Å². The van der Waals surface area contributed by atoms with Crippen molar-refractivity contribution in [3.63, 3.8) is 0 Å². The molecule has 0 bridgehead atoms. The van der Waals surface area contributed by atoms with E-state index in [-0.39, 0.29) is 4.90 Å². The van der Waals surface area contributed by atoms with E-state index in [0.717, 1.165) is 32.9 Å². The summed E-state index contributed by atoms with van der Waals surface area (Å²) in [4.78, 5) is 12.4. The summed E-state index contributed by atoms with van der Waals surface area (Å²) >= 11 is 0. The average molecular weight is 420 g/mol. The smallest absolute Gasteiger partial charge is 0.249 e. The van der Waals surface area contributed by atoms with Crippen molar-refractivity contribution in [2.24, 2.45) is 5.73 Å². The molecule has 0 aliphatic rings. The van der Waals surface area contributed by atoms with E-state index >= 15 is 0 Å². The fourth-order valence-corrected chi connectivity index (χ4v) is 4.53. The molecule has 1 aromatic heterocycles. The summed E-state index contributed by atoms with van der Waals surface area (Å²) in [5, 5.41) is 1.61. The van der Waals surface area contributed by atoms with Crippen molar-refractivity contribution < 1.29 is 13.2 Å². The Balaban J connectivity index is 2.01. The monoisotopic (exact) mass is 419 g/mol. The van der Waals surface area contributed by atoms with Crippen LogP contribution < -0.4 is 5.73 Å². The van der Waals surface area contributed by atoms with E-state index in [2.05, 4.69) is 30.5 Å². The maximum atomic E-state index is 12.1. The molecule has 0 saturated heterocycles. The van der Waals surface area contributed by atoms with E-state index in [0.29, 0.717) is 18.0 Å². The molecule has 0 aliphatic carbocycles. The second-order valence-corrected chi connectivity index (χ2v) is 9.93. The second-order valence-electron chi connectivity index (χ2n) is 7.92. The number of fused-ring (bicyclic) bond motifs is 3. The number of aromatic nitrogens is 1. The number of nitrogens with zero attached hydrogens (tertiary/aromatic N) is 1. The fraction of sp³-hybridized carbons (Fsp3) is 0.208. The largest absolute Gasteiger partial charge is 0.366 e. The number of nitrogens with two attached hydrogens (primary N) is 1. The summed E-state index contributed by atoms with van der Waals surface area (Å²) in [6, 6.07) is 19.9. The molecule has 0 aliphatic heterocycles. The standard InChI is InChI=1S/C24H23N2O3S/c1-15(2)17-10-11-19-22(13-17)26(21-9-5-8-20(23(19)21)24(25)27)14-16-6-4-7-18(12-16)30(3,28)29/h4-10,12-13,15H,14H2,1-3H3,(H2,25,27). The van der Waals surface area contributed by atoms with E-state index in [9.17, 15) is 13.2 Å². The first-order chi connectivity index (χ1) is 14.2. The molecule has 0 atom stereocenters. The molecule has 4 rings (SSSR count). The van der Waals surface area contributed by atoms with E-state index in [4.69, 9.17) is 5.73 Å². The Morgan fingerprint density at radius 3 is 2.50 bits per heavy atom. The van der Waals surface area contributed by atoms with Crippen LogP contribution in [0, 0.1) is 6.07 Å². The summed E-state index contributed by atoms with van der Waals surface area (Å²) in [6.45, 7) is 4.69. The van der Waals surface area contributed by atoms with E-state index < -0.39 is 15.7 Å². The number of carbonyl (C=O) groups is 1. The molecule has 5 nitrogen and oxygen atoms in total. The number of hydrogen-bond donors (Lipinski definition) is 1. The SMILES string of the molecule is CC(C)c1c[c]c2c3c(C(N)=O)cccc3n(Cc3cccc(S(C)(=O)=O)c3)c2c1. The number of sulfone groups is 1. The van der Waals surface area contributed by atoms with Crippen LogP contribution in [0.15, 0.2) is 59.5 Å². The first-order valence-electron chi connectivity index (χ1n) is 9.72. The zero-order chi connectivity index (χ0) is 21.6. The molecule has 4 aromatic rings. The molecule has 1 heterocycles. The first-order valence-corrected chi connectivity index (χ1v) is 11.6. The molecule has 1 radical (unpaired) electrons. The van der Waals surface area contributed by atoms with Crippen molar-refractivity contribution in [1.82, 2.24) is 4.57 Å². The lowest BCUT2D eigenvalue weighted by Gasteiger charge is -2.11. The lowest BCUT2D eigenvalue weighted by atomic mass is 10.00. The van der Waals surface area contributed by atoms with Crippen LogP contribution in [0.25, 0.3) is 21.8 Å². The topological polar surface area (TPSA) is 82.2 Å². The van der Waals surface area contributed by atoms with Crippen LogP contribution in [0.3, 0.4) is 0 Å². The summed E-state index contributed by atoms with van der Waals surface area (Å²) < 4.78 is 26.1. The Morgan fingerprint density at radius 2 is 1.83 bits per heavy atom. The highest BCUT2D eigenvalue weighted by Gasteiger charge is 2.18. The zero-order valence-electron chi connectivity index (χ0n) is 17.1. The van der Waals surface area contributed by atoms with Crippen molar-refractivity contribution in [2.75, 3.05) is 6.26 Å². The summed E-state index contributed by atoms with van der Waals surface area (Å²) in [5.74, 6) is -0.165. The van der Waals surface area contributed by atoms with Crippen molar-refractivity contribution in [3.8, 4) is 0 Å². The van der Waals surface area contributed by atoms with Gasteiger partial charge in [0.1, 0.15) is 0 Å². The molecule has 30 heavy (non-hydrogen) atoms. The molecule has 6 heteroatoms. The lowest BCUT2D eigenvalue weighted by molar-refractivity contribution is 0.100. The van der Waals surface area contributed by atoms with Crippen LogP contribution >= 0.6 is 0 Å². The zero-order valence-corrected chi connectivity index (χ0v) is 18.0. The highest BCUT2D eigenvalue weighted by molar-refractivity contribution is 7.90. The Kier molecular flexibility index (Phi) is 4.90. The van der Waals surface area contributed by atoms with Gasteiger partial charge in [-0.15, -0.1) is 0 Å². The minimum Gasteiger partial charge on any atom is -0.366 e. The van der Waals surface area contributed by atoms with Crippen molar-refractivity contribution in [1.29, 1.82) is 0 Å². The molecule has 0 spiro atoms. The quantitative estimate of drug-likeness (QED) is 0.524. The summed E-state index contributed by atoms with van der Waals surface area (Å²) in [5.41, 5.74) is 9.90. The maximum absolute atomic E-state index is 12.1. The van der Waals surface area contributed by atoms with Crippen LogP contribution in [0.5, 0.6) is 0 Å². The Bertz CT molecular complexity index is 1400. The predicted molar refractivity (Wildman–Crippen MR) is 120 cm³/mol. The lowest BCUT2D eigenvalue weighted by Crippen LogP contribution is -2.11. The summed E-state index contributed by atoms with van der Waals surface area (Å²) in [7, 11) is -3.30. The third-order valence-corrected chi connectivity index (χ3v) is 6.53. The summed E-state index contributed by atoms with van der Waals surface area (Å²) in [6.07, 6.45) is 1.20.